The molecule has 0 spiro atoms. The van der Waals surface area contributed by atoms with Gasteiger partial charge in [0, 0.05) is 10.8 Å². The fraction of sp³-hybridized carbons (Fsp3) is 0.824. The Hall–Kier alpha value is -0.410. The molecule has 0 radical (unpaired) electrons. The van der Waals surface area contributed by atoms with Crippen molar-refractivity contribution in [2.75, 3.05) is 7.05 Å². The SMILES string of the molecule is CNC1(c2nc(C(C)(C)C)cs2)CC(C)CC(C)(C)C1. The van der Waals surface area contributed by atoms with Crippen molar-refractivity contribution in [1.29, 1.82) is 0 Å². The molecule has 1 fully saturated rings. The van der Waals surface area contributed by atoms with Gasteiger partial charge in [0.05, 0.1) is 11.2 Å². The van der Waals surface area contributed by atoms with E-state index in [9.17, 15) is 0 Å². The lowest BCUT2D eigenvalue weighted by molar-refractivity contribution is 0.0849. The van der Waals surface area contributed by atoms with Crippen LogP contribution in [0.3, 0.4) is 0 Å². The highest BCUT2D eigenvalue weighted by Crippen LogP contribution is 2.49. The second-order valence-corrected chi connectivity index (χ2v) is 9.33. The summed E-state index contributed by atoms with van der Waals surface area (Å²) in [7, 11) is 2.10. The van der Waals surface area contributed by atoms with Crippen LogP contribution in [-0.2, 0) is 11.0 Å². The molecule has 114 valence electrons. The molecule has 1 aliphatic carbocycles. The van der Waals surface area contributed by atoms with Crippen molar-refractivity contribution in [3.8, 4) is 0 Å². The highest BCUT2D eigenvalue weighted by molar-refractivity contribution is 7.09. The predicted octanol–water partition coefficient (Wildman–Crippen LogP) is 4.70. The topological polar surface area (TPSA) is 24.9 Å². The first-order valence-corrected chi connectivity index (χ1v) is 8.61. The summed E-state index contributed by atoms with van der Waals surface area (Å²) in [5.41, 5.74) is 1.81. The van der Waals surface area contributed by atoms with E-state index in [1.165, 1.54) is 30.0 Å². The zero-order valence-electron chi connectivity index (χ0n) is 14.1. The van der Waals surface area contributed by atoms with Crippen molar-refractivity contribution in [1.82, 2.24) is 10.3 Å². The van der Waals surface area contributed by atoms with E-state index in [-0.39, 0.29) is 11.0 Å². The Kier molecular flexibility index (Phi) is 4.07. The molecule has 1 aromatic heterocycles. The van der Waals surface area contributed by atoms with Crippen LogP contribution < -0.4 is 5.32 Å². The van der Waals surface area contributed by atoms with Gasteiger partial charge in [0.2, 0.25) is 0 Å². The molecule has 1 saturated carbocycles. The molecule has 1 aliphatic rings. The van der Waals surface area contributed by atoms with E-state index in [4.69, 9.17) is 4.98 Å². The number of nitrogens with one attached hydrogen (secondary N) is 1. The van der Waals surface area contributed by atoms with Crippen LogP contribution in [0.2, 0.25) is 0 Å². The van der Waals surface area contributed by atoms with E-state index >= 15 is 0 Å². The maximum absolute atomic E-state index is 5.00. The normalized spacial score (nSPS) is 30.4. The Balaban J connectivity index is 2.38. The van der Waals surface area contributed by atoms with Crippen LogP contribution in [0.25, 0.3) is 0 Å². The van der Waals surface area contributed by atoms with E-state index < -0.39 is 0 Å². The predicted molar refractivity (Wildman–Crippen MR) is 88.3 cm³/mol. The van der Waals surface area contributed by atoms with Gasteiger partial charge < -0.3 is 5.32 Å². The van der Waals surface area contributed by atoms with Crippen LogP contribution in [0.5, 0.6) is 0 Å². The fourth-order valence-corrected chi connectivity index (χ4v) is 5.13. The van der Waals surface area contributed by atoms with Crippen LogP contribution >= 0.6 is 11.3 Å². The Bertz CT molecular complexity index is 470. The largest absolute Gasteiger partial charge is 0.308 e. The zero-order chi connectivity index (χ0) is 15.2. The van der Waals surface area contributed by atoms with Crippen LogP contribution in [0.15, 0.2) is 5.38 Å². The van der Waals surface area contributed by atoms with Crippen LogP contribution in [0.4, 0.5) is 0 Å². The van der Waals surface area contributed by atoms with Gasteiger partial charge in [-0.15, -0.1) is 11.3 Å². The van der Waals surface area contributed by atoms with Gasteiger partial charge >= 0.3 is 0 Å². The van der Waals surface area contributed by atoms with Gasteiger partial charge in [0.25, 0.3) is 0 Å². The molecule has 2 nitrogen and oxygen atoms in total. The molecule has 2 rings (SSSR count). The molecule has 3 heteroatoms. The average Bonchev–Trinajstić information content (AvgIpc) is 2.75. The summed E-state index contributed by atoms with van der Waals surface area (Å²) in [6, 6.07) is 0. The standard InChI is InChI=1S/C17H30N2S/c1-12-8-16(5,6)11-17(9-12,18-7)14-19-13(10-20-14)15(2,3)4/h10,12,18H,8-9,11H2,1-7H3. The summed E-state index contributed by atoms with van der Waals surface area (Å²) < 4.78 is 0. The molecule has 20 heavy (non-hydrogen) atoms. The minimum Gasteiger partial charge on any atom is -0.308 e. The van der Waals surface area contributed by atoms with Crippen LogP contribution in [0, 0.1) is 11.3 Å². The number of nitrogens with zero attached hydrogens (tertiary/aromatic N) is 1. The summed E-state index contributed by atoms with van der Waals surface area (Å²) >= 11 is 1.84. The monoisotopic (exact) mass is 294 g/mol. The summed E-state index contributed by atoms with van der Waals surface area (Å²) in [5, 5.41) is 7.17. The molecule has 2 atom stereocenters. The zero-order valence-corrected chi connectivity index (χ0v) is 14.9. The smallest absolute Gasteiger partial charge is 0.113 e. The minimum absolute atomic E-state index is 0.0648. The molecule has 0 amide bonds. The number of rotatable bonds is 2. The molecule has 0 saturated heterocycles. The maximum Gasteiger partial charge on any atom is 0.113 e. The second-order valence-electron chi connectivity index (χ2n) is 8.47. The van der Waals surface area contributed by atoms with Gasteiger partial charge in [-0.3, -0.25) is 0 Å². The van der Waals surface area contributed by atoms with Crippen molar-refractivity contribution < 1.29 is 0 Å². The number of hydrogen-bond donors (Lipinski definition) is 1. The lowest BCUT2D eigenvalue weighted by Crippen LogP contribution is -2.48. The van der Waals surface area contributed by atoms with E-state index in [1.54, 1.807) is 0 Å². The molecule has 1 N–H and O–H groups in total. The van der Waals surface area contributed by atoms with Crippen molar-refractivity contribution in [3.05, 3.63) is 16.1 Å². The van der Waals surface area contributed by atoms with E-state index in [2.05, 4.69) is 59.3 Å². The van der Waals surface area contributed by atoms with Crippen molar-refractivity contribution in [2.24, 2.45) is 11.3 Å². The first-order valence-electron chi connectivity index (χ1n) is 7.73. The number of hydrogen-bond acceptors (Lipinski definition) is 3. The molecule has 1 heterocycles. The number of aromatic nitrogens is 1. The summed E-state index contributed by atoms with van der Waals surface area (Å²) in [6.07, 6.45) is 3.69. The highest BCUT2D eigenvalue weighted by atomic mass is 32.1. The van der Waals surface area contributed by atoms with E-state index in [0.717, 1.165) is 5.92 Å². The Morgan fingerprint density at radius 1 is 1.30 bits per heavy atom. The van der Waals surface area contributed by atoms with Gasteiger partial charge in [-0.25, -0.2) is 4.98 Å². The third kappa shape index (κ3) is 3.09. The van der Waals surface area contributed by atoms with Gasteiger partial charge in [-0.1, -0.05) is 41.5 Å². The average molecular weight is 295 g/mol. The Morgan fingerprint density at radius 2 is 1.95 bits per heavy atom. The fourth-order valence-electron chi connectivity index (χ4n) is 3.87. The minimum atomic E-state index is 0.0648. The third-order valence-corrected chi connectivity index (χ3v) is 5.59. The summed E-state index contributed by atoms with van der Waals surface area (Å²) in [4.78, 5) is 5.00. The van der Waals surface area contributed by atoms with Gasteiger partial charge in [0.15, 0.2) is 0 Å². The Morgan fingerprint density at radius 3 is 2.40 bits per heavy atom. The second kappa shape index (κ2) is 5.10. The first kappa shape index (κ1) is 16.0. The lowest BCUT2D eigenvalue weighted by atomic mass is 9.64. The highest BCUT2D eigenvalue weighted by Gasteiger charge is 2.45. The molecule has 0 bridgehead atoms. The molecular formula is C17H30N2S. The van der Waals surface area contributed by atoms with Gasteiger partial charge in [-0.05, 0) is 37.6 Å². The lowest BCUT2D eigenvalue weighted by Gasteiger charge is -2.46. The molecule has 2 unspecified atom stereocenters. The summed E-state index contributed by atoms with van der Waals surface area (Å²) in [5.74, 6) is 0.744. The quantitative estimate of drug-likeness (QED) is 0.855. The number of thiazole rings is 1. The van der Waals surface area contributed by atoms with Crippen molar-refractivity contribution in [3.63, 3.8) is 0 Å². The van der Waals surface area contributed by atoms with Gasteiger partial charge in [0.1, 0.15) is 5.01 Å². The van der Waals surface area contributed by atoms with Crippen molar-refractivity contribution in [2.45, 2.75) is 71.8 Å². The van der Waals surface area contributed by atoms with E-state index in [1.807, 2.05) is 11.3 Å². The molecular weight excluding hydrogens is 264 g/mol. The maximum atomic E-state index is 5.00. The first-order chi connectivity index (χ1) is 9.08. The van der Waals surface area contributed by atoms with Gasteiger partial charge in [-0.2, -0.15) is 0 Å². The Labute approximate surface area is 128 Å². The molecule has 0 aliphatic heterocycles. The molecule has 1 aromatic rings. The van der Waals surface area contributed by atoms with E-state index in [0.29, 0.717) is 5.41 Å². The molecule has 0 aromatic carbocycles. The van der Waals surface area contributed by atoms with Crippen molar-refractivity contribution >= 4 is 11.3 Å². The summed E-state index contributed by atoms with van der Waals surface area (Å²) in [6.45, 7) is 13.9. The van der Waals surface area contributed by atoms with Crippen LogP contribution in [-0.4, -0.2) is 12.0 Å². The third-order valence-electron chi connectivity index (χ3n) is 4.54. The van der Waals surface area contributed by atoms with Crippen LogP contribution in [0.1, 0.15) is 71.5 Å².